The number of morpholine rings is 1. The number of rotatable bonds is 3. The van der Waals surface area contributed by atoms with Crippen molar-refractivity contribution in [1.29, 1.82) is 0 Å². The monoisotopic (exact) mass is 337 g/mol. The summed E-state index contributed by atoms with van der Waals surface area (Å²) in [7, 11) is 1.80. The molecule has 1 saturated heterocycles. The highest BCUT2D eigenvalue weighted by Crippen LogP contribution is 2.19. The number of nitrogens with one attached hydrogen (secondary N) is 1. The summed E-state index contributed by atoms with van der Waals surface area (Å²) in [5.74, 6) is 0.349. The molecule has 3 rings (SSSR count). The Labute approximate surface area is 137 Å². The van der Waals surface area contributed by atoms with Crippen molar-refractivity contribution in [2.45, 2.75) is 12.5 Å². The van der Waals surface area contributed by atoms with Crippen LogP contribution >= 0.6 is 0 Å². The van der Waals surface area contributed by atoms with Crippen molar-refractivity contribution in [2.75, 3.05) is 25.0 Å². The van der Waals surface area contributed by atoms with E-state index in [4.69, 9.17) is 4.74 Å². The third kappa shape index (κ3) is 3.67. The molecule has 7 nitrogen and oxygen atoms in total. The van der Waals surface area contributed by atoms with Crippen LogP contribution in [0.5, 0.6) is 0 Å². The van der Waals surface area contributed by atoms with E-state index in [-0.39, 0.29) is 19.7 Å². The minimum atomic E-state index is -2.62. The van der Waals surface area contributed by atoms with Crippen molar-refractivity contribution in [3.05, 3.63) is 30.6 Å². The van der Waals surface area contributed by atoms with Crippen LogP contribution < -0.4 is 5.32 Å². The molecule has 1 atom stereocenters. The number of hydrogen-bond donors (Lipinski definition) is 1. The van der Waals surface area contributed by atoms with Gasteiger partial charge in [0.05, 0.1) is 25.0 Å². The number of alkyl halides is 2. The standard InChI is InChI=1S/C15H17F2N5O2/c1-21-8-10(7-18-21)11-3-2-4-13(19-11)20-15(23)22-5-6-24-12(9-22)14(16)17/h2-4,7-8,12,14H,5-6,9H2,1H3,(H,19,20,23). The van der Waals surface area contributed by atoms with Crippen LogP contribution in [0.1, 0.15) is 0 Å². The van der Waals surface area contributed by atoms with Crippen LogP contribution in [-0.2, 0) is 11.8 Å². The molecule has 0 aromatic carbocycles. The van der Waals surface area contributed by atoms with E-state index in [1.807, 2.05) is 6.20 Å². The summed E-state index contributed by atoms with van der Waals surface area (Å²) < 4.78 is 32.1. The molecule has 0 saturated carbocycles. The largest absolute Gasteiger partial charge is 0.369 e. The van der Waals surface area contributed by atoms with Gasteiger partial charge < -0.3 is 9.64 Å². The number of amides is 2. The van der Waals surface area contributed by atoms with Gasteiger partial charge in [0.15, 0.2) is 0 Å². The van der Waals surface area contributed by atoms with Gasteiger partial charge in [-0.15, -0.1) is 0 Å². The lowest BCUT2D eigenvalue weighted by atomic mass is 10.2. The van der Waals surface area contributed by atoms with E-state index in [0.717, 1.165) is 5.56 Å². The molecule has 0 bridgehead atoms. The highest BCUT2D eigenvalue weighted by molar-refractivity contribution is 5.88. The van der Waals surface area contributed by atoms with Crippen LogP contribution in [0.15, 0.2) is 30.6 Å². The minimum absolute atomic E-state index is 0.0889. The van der Waals surface area contributed by atoms with E-state index in [1.54, 1.807) is 36.1 Å². The van der Waals surface area contributed by atoms with Gasteiger partial charge in [0.25, 0.3) is 6.43 Å². The molecule has 1 aliphatic rings. The molecule has 24 heavy (non-hydrogen) atoms. The highest BCUT2D eigenvalue weighted by atomic mass is 19.3. The van der Waals surface area contributed by atoms with Crippen molar-refractivity contribution < 1.29 is 18.3 Å². The van der Waals surface area contributed by atoms with Gasteiger partial charge in [-0.1, -0.05) is 6.07 Å². The molecule has 1 N–H and O–H groups in total. The van der Waals surface area contributed by atoms with Gasteiger partial charge >= 0.3 is 6.03 Å². The van der Waals surface area contributed by atoms with E-state index < -0.39 is 18.6 Å². The number of carbonyl (C=O) groups is 1. The first-order valence-electron chi connectivity index (χ1n) is 7.44. The van der Waals surface area contributed by atoms with Crippen LogP contribution in [0.4, 0.5) is 19.4 Å². The van der Waals surface area contributed by atoms with Gasteiger partial charge in [0, 0.05) is 25.4 Å². The van der Waals surface area contributed by atoms with E-state index >= 15 is 0 Å². The van der Waals surface area contributed by atoms with Crippen LogP contribution in [0.3, 0.4) is 0 Å². The number of nitrogens with zero attached hydrogens (tertiary/aromatic N) is 4. The fraction of sp³-hybridized carbons (Fsp3) is 0.400. The van der Waals surface area contributed by atoms with Crippen molar-refractivity contribution in [1.82, 2.24) is 19.7 Å². The normalized spacial score (nSPS) is 18.0. The van der Waals surface area contributed by atoms with Gasteiger partial charge in [-0.2, -0.15) is 5.10 Å². The average molecular weight is 337 g/mol. The van der Waals surface area contributed by atoms with E-state index in [0.29, 0.717) is 11.5 Å². The predicted molar refractivity (Wildman–Crippen MR) is 82.8 cm³/mol. The average Bonchev–Trinajstić information content (AvgIpc) is 3.02. The lowest BCUT2D eigenvalue weighted by Crippen LogP contribution is -2.49. The molecule has 128 valence electrons. The summed E-state index contributed by atoms with van der Waals surface area (Å²) in [6.07, 6.45) is -0.390. The Kier molecular flexibility index (Phi) is 4.70. The Bertz CT molecular complexity index is 721. The van der Waals surface area contributed by atoms with Gasteiger partial charge in [0.2, 0.25) is 0 Å². The number of pyridine rings is 1. The molecule has 0 aliphatic carbocycles. The first-order valence-corrected chi connectivity index (χ1v) is 7.44. The summed E-state index contributed by atoms with van der Waals surface area (Å²) >= 11 is 0. The zero-order valence-corrected chi connectivity index (χ0v) is 13.0. The second-order valence-corrected chi connectivity index (χ2v) is 5.43. The van der Waals surface area contributed by atoms with E-state index in [1.165, 1.54) is 4.90 Å². The number of anilines is 1. The predicted octanol–water partition coefficient (Wildman–Crippen LogP) is 1.98. The van der Waals surface area contributed by atoms with Crippen LogP contribution in [0.25, 0.3) is 11.3 Å². The molecule has 1 aliphatic heterocycles. The van der Waals surface area contributed by atoms with Gasteiger partial charge in [-0.3, -0.25) is 10.00 Å². The highest BCUT2D eigenvalue weighted by Gasteiger charge is 2.30. The maximum absolute atomic E-state index is 12.7. The molecular formula is C15H17F2N5O2. The zero-order valence-electron chi connectivity index (χ0n) is 13.0. The molecule has 2 amide bonds. The van der Waals surface area contributed by atoms with Crippen molar-refractivity contribution >= 4 is 11.8 Å². The first kappa shape index (κ1) is 16.3. The van der Waals surface area contributed by atoms with Gasteiger partial charge in [-0.25, -0.2) is 18.6 Å². The second kappa shape index (κ2) is 6.91. The molecule has 0 radical (unpaired) electrons. The number of urea groups is 1. The molecule has 3 heterocycles. The topological polar surface area (TPSA) is 72.3 Å². The van der Waals surface area contributed by atoms with Crippen LogP contribution in [0.2, 0.25) is 0 Å². The number of aromatic nitrogens is 3. The molecule has 0 spiro atoms. The first-order chi connectivity index (χ1) is 11.5. The zero-order chi connectivity index (χ0) is 17.1. The van der Waals surface area contributed by atoms with Gasteiger partial charge in [0.1, 0.15) is 11.9 Å². The molecule has 2 aromatic rings. The molecule has 9 heteroatoms. The van der Waals surface area contributed by atoms with Crippen molar-refractivity contribution in [3.63, 3.8) is 0 Å². The minimum Gasteiger partial charge on any atom is -0.369 e. The number of carbonyl (C=O) groups excluding carboxylic acids is 1. The lowest BCUT2D eigenvalue weighted by molar-refractivity contribution is -0.0916. The Morgan fingerprint density at radius 3 is 3.00 bits per heavy atom. The molecule has 1 unspecified atom stereocenters. The summed E-state index contributed by atoms with van der Waals surface area (Å²) in [4.78, 5) is 17.9. The maximum Gasteiger partial charge on any atom is 0.323 e. The number of aryl methyl sites for hydroxylation is 1. The fourth-order valence-electron chi connectivity index (χ4n) is 2.42. The Balaban J connectivity index is 1.68. The second-order valence-electron chi connectivity index (χ2n) is 5.43. The SMILES string of the molecule is Cn1cc(-c2cccc(NC(=O)N3CCOC(C(F)F)C3)n2)cn1. The lowest BCUT2D eigenvalue weighted by Gasteiger charge is -2.32. The smallest absolute Gasteiger partial charge is 0.323 e. The summed E-state index contributed by atoms with van der Waals surface area (Å²) in [6.45, 7) is 0.203. The summed E-state index contributed by atoms with van der Waals surface area (Å²) in [6, 6.07) is 4.73. The van der Waals surface area contributed by atoms with E-state index in [2.05, 4.69) is 15.4 Å². The van der Waals surface area contributed by atoms with Crippen LogP contribution in [-0.4, -0.2) is 57.9 Å². The quantitative estimate of drug-likeness (QED) is 0.930. The third-order valence-corrected chi connectivity index (χ3v) is 3.65. The maximum atomic E-state index is 12.7. The van der Waals surface area contributed by atoms with E-state index in [9.17, 15) is 13.6 Å². The Morgan fingerprint density at radius 2 is 2.29 bits per heavy atom. The van der Waals surface area contributed by atoms with Crippen molar-refractivity contribution in [3.8, 4) is 11.3 Å². The molecule has 1 fully saturated rings. The fourth-order valence-corrected chi connectivity index (χ4v) is 2.42. The van der Waals surface area contributed by atoms with Gasteiger partial charge in [-0.05, 0) is 12.1 Å². The van der Waals surface area contributed by atoms with Crippen molar-refractivity contribution in [2.24, 2.45) is 7.05 Å². The molecular weight excluding hydrogens is 320 g/mol. The number of hydrogen-bond acceptors (Lipinski definition) is 4. The summed E-state index contributed by atoms with van der Waals surface area (Å²) in [5.41, 5.74) is 1.48. The van der Waals surface area contributed by atoms with Crippen LogP contribution in [0, 0.1) is 0 Å². The summed E-state index contributed by atoms with van der Waals surface area (Å²) in [5, 5.41) is 6.71. The number of halogens is 2. The third-order valence-electron chi connectivity index (χ3n) is 3.65. The molecule has 2 aromatic heterocycles. The Morgan fingerprint density at radius 1 is 1.46 bits per heavy atom. The number of ether oxygens (including phenoxy) is 1. The Hall–Kier alpha value is -2.55.